The Kier molecular flexibility index (Phi) is 5.43. The van der Waals surface area contributed by atoms with Crippen molar-refractivity contribution in [2.75, 3.05) is 32.8 Å². The Labute approximate surface area is 138 Å². The second kappa shape index (κ2) is 7.73. The average molecular weight is 314 g/mol. The van der Waals surface area contributed by atoms with Crippen LogP contribution in [-0.2, 0) is 18.3 Å². The van der Waals surface area contributed by atoms with Gasteiger partial charge >= 0.3 is 0 Å². The summed E-state index contributed by atoms with van der Waals surface area (Å²) >= 11 is 0. The van der Waals surface area contributed by atoms with Gasteiger partial charge in [0.1, 0.15) is 0 Å². The lowest BCUT2D eigenvalue weighted by Gasteiger charge is -2.35. The van der Waals surface area contributed by atoms with Gasteiger partial charge in [-0.1, -0.05) is 29.8 Å². The molecule has 1 aromatic carbocycles. The minimum absolute atomic E-state index is 0.385. The summed E-state index contributed by atoms with van der Waals surface area (Å²) in [6.45, 7) is 7.57. The molecule has 5 nitrogen and oxygen atoms in total. The van der Waals surface area contributed by atoms with Crippen LogP contribution in [0.15, 0.2) is 36.7 Å². The number of nitrogens with zero attached hydrogens (tertiary/aromatic N) is 3. The maximum Gasteiger partial charge on any atom is 0.0594 e. The summed E-state index contributed by atoms with van der Waals surface area (Å²) in [5.74, 6) is 0. The van der Waals surface area contributed by atoms with Crippen LogP contribution in [0.3, 0.4) is 0 Å². The van der Waals surface area contributed by atoms with Crippen molar-refractivity contribution in [3.8, 4) is 0 Å². The summed E-state index contributed by atoms with van der Waals surface area (Å²) in [6, 6.07) is 9.22. The van der Waals surface area contributed by atoms with Gasteiger partial charge in [0.05, 0.1) is 19.4 Å². The summed E-state index contributed by atoms with van der Waals surface area (Å²) in [6.07, 6.45) is 3.98. The Morgan fingerprint density at radius 1 is 1.30 bits per heavy atom. The van der Waals surface area contributed by atoms with Gasteiger partial charge < -0.3 is 10.1 Å². The van der Waals surface area contributed by atoms with Crippen LogP contribution in [-0.4, -0.2) is 47.5 Å². The number of benzene rings is 1. The first kappa shape index (κ1) is 16.2. The van der Waals surface area contributed by atoms with Crippen LogP contribution in [0.2, 0.25) is 0 Å². The minimum atomic E-state index is 0.385. The van der Waals surface area contributed by atoms with Crippen molar-refractivity contribution in [3.05, 3.63) is 53.3 Å². The predicted molar refractivity (Wildman–Crippen MR) is 91.2 cm³/mol. The number of aryl methyl sites for hydroxylation is 2. The van der Waals surface area contributed by atoms with E-state index in [1.807, 2.05) is 17.9 Å². The van der Waals surface area contributed by atoms with Crippen LogP contribution in [0.5, 0.6) is 0 Å². The highest BCUT2D eigenvalue weighted by atomic mass is 16.5. The number of morpholine rings is 1. The van der Waals surface area contributed by atoms with Gasteiger partial charge in [-0.25, -0.2) is 0 Å². The second-order valence-corrected chi connectivity index (χ2v) is 6.23. The van der Waals surface area contributed by atoms with Gasteiger partial charge in [-0.2, -0.15) is 5.10 Å². The first-order valence-corrected chi connectivity index (χ1v) is 8.29. The molecule has 0 saturated carbocycles. The van der Waals surface area contributed by atoms with Crippen molar-refractivity contribution in [3.63, 3.8) is 0 Å². The van der Waals surface area contributed by atoms with Crippen molar-refractivity contribution < 1.29 is 4.74 Å². The van der Waals surface area contributed by atoms with E-state index in [-0.39, 0.29) is 0 Å². The zero-order valence-electron chi connectivity index (χ0n) is 14.0. The summed E-state index contributed by atoms with van der Waals surface area (Å²) in [4.78, 5) is 2.52. The molecule has 2 heterocycles. The second-order valence-electron chi connectivity index (χ2n) is 6.23. The lowest BCUT2D eigenvalue weighted by atomic mass is 10.0. The Hall–Kier alpha value is -1.69. The molecule has 1 aliphatic heterocycles. The third-order valence-electron chi connectivity index (χ3n) is 4.34. The van der Waals surface area contributed by atoms with E-state index in [2.05, 4.69) is 52.7 Å². The van der Waals surface area contributed by atoms with E-state index in [4.69, 9.17) is 4.74 Å². The van der Waals surface area contributed by atoms with Gasteiger partial charge in [0.25, 0.3) is 0 Å². The fourth-order valence-corrected chi connectivity index (χ4v) is 3.14. The molecule has 0 radical (unpaired) electrons. The average Bonchev–Trinajstić information content (AvgIpc) is 2.98. The van der Waals surface area contributed by atoms with Crippen LogP contribution in [0.4, 0.5) is 0 Å². The minimum Gasteiger partial charge on any atom is -0.379 e. The Balaban J connectivity index is 1.67. The largest absolute Gasteiger partial charge is 0.379 e. The Morgan fingerprint density at radius 2 is 2.13 bits per heavy atom. The molecule has 124 valence electrons. The van der Waals surface area contributed by atoms with E-state index >= 15 is 0 Å². The number of aromatic nitrogens is 2. The van der Waals surface area contributed by atoms with Gasteiger partial charge in [-0.05, 0) is 12.5 Å². The SMILES string of the molecule is Cc1cccc(C(CNCc2cnn(C)c2)N2CCOCC2)c1. The molecule has 0 aliphatic carbocycles. The maximum absolute atomic E-state index is 5.51. The highest BCUT2D eigenvalue weighted by Crippen LogP contribution is 2.22. The number of ether oxygens (including phenoxy) is 1. The van der Waals surface area contributed by atoms with Crippen molar-refractivity contribution >= 4 is 0 Å². The first-order valence-electron chi connectivity index (χ1n) is 8.29. The molecule has 2 aromatic rings. The molecular formula is C18H26N4O. The summed E-state index contributed by atoms with van der Waals surface area (Å²) in [5, 5.41) is 7.82. The van der Waals surface area contributed by atoms with Crippen LogP contribution in [0, 0.1) is 6.92 Å². The highest BCUT2D eigenvalue weighted by Gasteiger charge is 2.22. The molecule has 1 atom stereocenters. The molecule has 1 fully saturated rings. The van der Waals surface area contributed by atoms with Crippen molar-refractivity contribution in [2.24, 2.45) is 7.05 Å². The van der Waals surface area contributed by atoms with Crippen molar-refractivity contribution in [1.82, 2.24) is 20.0 Å². The zero-order valence-corrected chi connectivity index (χ0v) is 14.0. The fourth-order valence-electron chi connectivity index (χ4n) is 3.14. The van der Waals surface area contributed by atoms with E-state index in [9.17, 15) is 0 Å². The summed E-state index contributed by atoms with van der Waals surface area (Å²) in [5.41, 5.74) is 3.91. The van der Waals surface area contributed by atoms with E-state index in [1.165, 1.54) is 16.7 Å². The maximum atomic E-state index is 5.51. The molecule has 0 spiro atoms. The molecule has 3 rings (SSSR count). The van der Waals surface area contributed by atoms with Gasteiger partial charge in [-0.3, -0.25) is 9.58 Å². The van der Waals surface area contributed by atoms with Gasteiger partial charge in [0, 0.05) is 51.0 Å². The highest BCUT2D eigenvalue weighted by molar-refractivity contribution is 5.25. The van der Waals surface area contributed by atoms with Crippen LogP contribution >= 0.6 is 0 Å². The molecule has 1 saturated heterocycles. The molecule has 0 amide bonds. The predicted octanol–water partition coefficient (Wildman–Crippen LogP) is 1.89. The molecule has 1 aliphatic rings. The Bertz CT molecular complexity index is 619. The van der Waals surface area contributed by atoms with Crippen molar-refractivity contribution in [1.29, 1.82) is 0 Å². The fraction of sp³-hybridized carbons (Fsp3) is 0.500. The molecule has 5 heteroatoms. The van der Waals surface area contributed by atoms with E-state index < -0.39 is 0 Å². The third-order valence-corrected chi connectivity index (χ3v) is 4.34. The monoisotopic (exact) mass is 314 g/mol. The summed E-state index contributed by atoms with van der Waals surface area (Å²) in [7, 11) is 1.95. The molecular weight excluding hydrogens is 288 g/mol. The number of hydrogen-bond donors (Lipinski definition) is 1. The van der Waals surface area contributed by atoms with Gasteiger partial charge in [0.2, 0.25) is 0 Å². The number of hydrogen-bond acceptors (Lipinski definition) is 4. The molecule has 1 unspecified atom stereocenters. The zero-order chi connectivity index (χ0) is 16.1. The number of rotatable bonds is 6. The first-order chi connectivity index (χ1) is 11.2. The number of nitrogens with one attached hydrogen (secondary N) is 1. The van der Waals surface area contributed by atoms with Crippen molar-refractivity contribution in [2.45, 2.75) is 19.5 Å². The normalized spacial score (nSPS) is 17.3. The van der Waals surface area contributed by atoms with Crippen LogP contribution in [0.25, 0.3) is 0 Å². The van der Waals surface area contributed by atoms with E-state index in [0.717, 1.165) is 39.4 Å². The topological polar surface area (TPSA) is 42.3 Å². The lowest BCUT2D eigenvalue weighted by Crippen LogP contribution is -2.42. The van der Waals surface area contributed by atoms with Crippen LogP contribution in [0.1, 0.15) is 22.7 Å². The molecule has 23 heavy (non-hydrogen) atoms. The quantitative estimate of drug-likeness (QED) is 0.884. The molecule has 1 N–H and O–H groups in total. The standard InChI is InChI=1S/C18H26N4O/c1-15-4-3-5-17(10-15)18(22-6-8-23-9-7-22)13-19-11-16-12-20-21(2)14-16/h3-5,10,12,14,18-19H,6-9,11,13H2,1-2H3. The summed E-state index contributed by atoms with van der Waals surface area (Å²) < 4.78 is 7.36. The van der Waals surface area contributed by atoms with Crippen LogP contribution < -0.4 is 5.32 Å². The molecule has 1 aromatic heterocycles. The van der Waals surface area contributed by atoms with E-state index in [1.54, 1.807) is 0 Å². The Morgan fingerprint density at radius 3 is 2.83 bits per heavy atom. The smallest absolute Gasteiger partial charge is 0.0594 e. The lowest BCUT2D eigenvalue weighted by molar-refractivity contribution is 0.0161. The third kappa shape index (κ3) is 4.41. The molecule has 0 bridgehead atoms. The van der Waals surface area contributed by atoms with Gasteiger partial charge in [-0.15, -0.1) is 0 Å². The van der Waals surface area contributed by atoms with Gasteiger partial charge in [0.15, 0.2) is 0 Å². The van der Waals surface area contributed by atoms with E-state index in [0.29, 0.717) is 6.04 Å².